The first-order valence-corrected chi connectivity index (χ1v) is 5.17. The molecule has 0 aliphatic carbocycles. The Bertz CT molecular complexity index is 744. The average molecular weight is 211 g/mol. The molecular formula is C13H11N2O+. The van der Waals surface area contributed by atoms with E-state index in [0.717, 1.165) is 16.4 Å². The summed E-state index contributed by atoms with van der Waals surface area (Å²) in [5, 5.41) is 1.09. The third kappa shape index (κ3) is 1.08. The number of fused-ring (bicyclic) bond motifs is 3. The smallest absolute Gasteiger partial charge is 0.196 e. The van der Waals surface area contributed by atoms with E-state index in [1.54, 1.807) is 22.2 Å². The first-order chi connectivity index (χ1) is 7.79. The van der Waals surface area contributed by atoms with Gasteiger partial charge in [-0.3, -0.25) is 0 Å². The van der Waals surface area contributed by atoms with Gasteiger partial charge < -0.3 is 0 Å². The van der Waals surface area contributed by atoms with Crippen molar-refractivity contribution in [2.45, 2.75) is 0 Å². The molecule has 0 saturated carbocycles. The highest BCUT2D eigenvalue weighted by atomic mass is 16.1. The Morgan fingerprint density at radius 3 is 2.69 bits per heavy atom. The van der Waals surface area contributed by atoms with Crippen molar-refractivity contribution in [3.63, 3.8) is 0 Å². The highest BCUT2D eigenvalue weighted by Gasteiger charge is 2.13. The van der Waals surface area contributed by atoms with Crippen LogP contribution in [0.1, 0.15) is 0 Å². The molecule has 16 heavy (non-hydrogen) atoms. The summed E-state index contributed by atoms with van der Waals surface area (Å²) in [4.78, 5) is 12.1. The molecule has 3 aromatic rings. The molecule has 0 fully saturated rings. The van der Waals surface area contributed by atoms with Crippen molar-refractivity contribution < 1.29 is 4.57 Å². The molecule has 0 amide bonds. The molecule has 2 heterocycles. The van der Waals surface area contributed by atoms with Crippen molar-refractivity contribution in [1.29, 1.82) is 0 Å². The zero-order valence-electron chi connectivity index (χ0n) is 8.92. The second-order valence-corrected chi connectivity index (χ2v) is 3.81. The first-order valence-electron chi connectivity index (χ1n) is 5.17. The highest BCUT2D eigenvalue weighted by molar-refractivity contribution is 5.91. The van der Waals surface area contributed by atoms with E-state index < -0.39 is 0 Å². The van der Waals surface area contributed by atoms with Crippen LogP contribution in [0.2, 0.25) is 0 Å². The Hall–Kier alpha value is -2.16. The maximum atomic E-state index is 12.1. The van der Waals surface area contributed by atoms with Crippen LogP contribution in [-0.4, -0.2) is 4.40 Å². The fraction of sp³-hybridized carbons (Fsp3) is 0.0769. The number of para-hydroxylation sites is 1. The van der Waals surface area contributed by atoms with Crippen molar-refractivity contribution in [1.82, 2.24) is 4.40 Å². The van der Waals surface area contributed by atoms with E-state index in [4.69, 9.17) is 0 Å². The van der Waals surface area contributed by atoms with Crippen LogP contribution in [0.5, 0.6) is 0 Å². The molecule has 0 spiro atoms. The lowest BCUT2D eigenvalue weighted by molar-refractivity contribution is -0.663. The Morgan fingerprint density at radius 2 is 1.81 bits per heavy atom. The normalized spacial score (nSPS) is 11.1. The van der Waals surface area contributed by atoms with Gasteiger partial charge in [-0.2, -0.15) is 13.8 Å². The summed E-state index contributed by atoms with van der Waals surface area (Å²) in [6, 6.07) is 13.7. The van der Waals surface area contributed by atoms with Crippen molar-refractivity contribution in [2.24, 2.45) is 7.05 Å². The van der Waals surface area contributed by atoms with E-state index >= 15 is 0 Å². The minimum Gasteiger partial charge on any atom is -0.196 e. The van der Waals surface area contributed by atoms with E-state index in [0.29, 0.717) is 0 Å². The Labute approximate surface area is 92.2 Å². The highest BCUT2D eigenvalue weighted by Crippen LogP contribution is 2.13. The predicted molar refractivity (Wildman–Crippen MR) is 62.3 cm³/mol. The maximum Gasteiger partial charge on any atom is 0.503 e. The number of nitrogens with zero attached hydrogens (tertiary/aromatic N) is 2. The average Bonchev–Trinajstić information content (AvgIpc) is 2.36. The summed E-state index contributed by atoms with van der Waals surface area (Å²) >= 11 is 0. The molecule has 3 rings (SSSR count). The van der Waals surface area contributed by atoms with Crippen LogP contribution in [0.15, 0.2) is 53.5 Å². The van der Waals surface area contributed by atoms with Crippen LogP contribution in [-0.2, 0) is 7.05 Å². The Morgan fingerprint density at radius 1 is 1.06 bits per heavy atom. The molecule has 0 unspecified atom stereocenters. The summed E-state index contributed by atoms with van der Waals surface area (Å²) in [5.74, 6) is 0. The van der Waals surface area contributed by atoms with E-state index in [9.17, 15) is 4.79 Å². The summed E-state index contributed by atoms with van der Waals surface area (Å²) < 4.78 is 3.34. The standard InChI is InChI=1S/C13H11N2O/c1-14-11-7-3-2-6-10(11)12-8-4-5-9-15(12)13(14)16/h2-9H,1H3/q+1. The largest absolute Gasteiger partial charge is 0.503 e. The van der Waals surface area contributed by atoms with Crippen molar-refractivity contribution in [3.05, 3.63) is 59.1 Å². The third-order valence-corrected chi connectivity index (χ3v) is 2.89. The molecule has 0 saturated heterocycles. The minimum absolute atomic E-state index is 0.0192. The van der Waals surface area contributed by atoms with Gasteiger partial charge in [0.05, 0.1) is 12.4 Å². The zero-order valence-corrected chi connectivity index (χ0v) is 8.92. The second-order valence-electron chi connectivity index (χ2n) is 3.81. The van der Waals surface area contributed by atoms with Crippen LogP contribution in [0.3, 0.4) is 0 Å². The Kier molecular flexibility index (Phi) is 1.80. The predicted octanol–water partition coefficient (Wildman–Crippen LogP) is 1.28. The summed E-state index contributed by atoms with van der Waals surface area (Å²) in [6.45, 7) is 0. The second kappa shape index (κ2) is 3.17. The molecule has 1 aromatic carbocycles. The summed E-state index contributed by atoms with van der Waals surface area (Å²) in [7, 11) is 1.80. The zero-order chi connectivity index (χ0) is 11.1. The number of hydrogen-bond donors (Lipinski definition) is 0. The van der Waals surface area contributed by atoms with E-state index in [-0.39, 0.29) is 5.69 Å². The first kappa shape index (κ1) is 9.09. The van der Waals surface area contributed by atoms with Crippen molar-refractivity contribution in [3.8, 4) is 0 Å². The van der Waals surface area contributed by atoms with Gasteiger partial charge in [0.25, 0.3) is 0 Å². The molecule has 3 heteroatoms. The van der Waals surface area contributed by atoms with Crippen LogP contribution in [0.25, 0.3) is 16.4 Å². The van der Waals surface area contributed by atoms with Gasteiger partial charge in [-0.1, -0.05) is 18.2 Å². The number of rotatable bonds is 0. The van der Waals surface area contributed by atoms with Gasteiger partial charge in [0.15, 0.2) is 0 Å². The fourth-order valence-corrected chi connectivity index (χ4v) is 2.08. The summed E-state index contributed by atoms with van der Waals surface area (Å²) in [6.07, 6.45) is 1.80. The molecule has 0 aliphatic rings. The van der Waals surface area contributed by atoms with Gasteiger partial charge in [0, 0.05) is 0 Å². The minimum atomic E-state index is -0.0192. The molecule has 78 valence electrons. The van der Waals surface area contributed by atoms with Gasteiger partial charge in [-0.15, -0.1) is 0 Å². The molecule has 3 nitrogen and oxygen atoms in total. The number of hydrogen-bond acceptors (Lipinski definition) is 1. The quantitative estimate of drug-likeness (QED) is 0.406. The van der Waals surface area contributed by atoms with Crippen molar-refractivity contribution in [2.75, 3.05) is 0 Å². The molecule has 0 N–H and O–H groups in total. The van der Waals surface area contributed by atoms with Gasteiger partial charge in [0.1, 0.15) is 17.2 Å². The molecular weight excluding hydrogens is 200 g/mol. The van der Waals surface area contributed by atoms with Crippen molar-refractivity contribution >= 4 is 16.4 Å². The number of benzene rings is 1. The lowest BCUT2D eigenvalue weighted by atomic mass is 10.2. The molecule has 0 atom stereocenters. The number of aryl methyl sites for hydroxylation is 1. The third-order valence-electron chi connectivity index (χ3n) is 2.89. The number of pyridine rings is 1. The molecule has 0 aliphatic heterocycles. The van der Waals surface area contributed by atoms with Gasteiger partial charge in [-0.05, 0) is 24.3 Å². The lowest BCUT2D eigenvalue weighted by Crippen LogP contribution is -2.50. The fourth-order valence-electron chi connectivity index (χ4n) is 2.08. The monoisotopic (exact) mass is 211 g/mol. The van der Waals surface area contributed by atoms with Gasteiger partial charge >= 0.3 is 5.69 Å². The Balaban J connectivity index is 2.74. The van der Waals surface area contributed by atoms with Crippen LogP contribution in [0.4, 0.5) is 0 Å². The topological polar surface area (TPSA) is 25.4 Å². The van der Waals surface area contributed by atoms with E-state index in [1.165, 1.54) is 0 Å². The maximum absolute atomic E-state index is 12.1. The summed E-state index contributed by atoms with van der Waals surface area (Å²) in [5.41, 5.74) is 1.88. The molecule has 0 bridgehead atoms. The van der Waals surface area contributed by atoms with E-state index in [1.807, 2.05) is 42.5 Å². The number of aromatic nitrogens is 2. The lowest BCUT2D eigenvalue weighted by Gasteiger charge is -2.01. The van der Waals surface area contributed by atoms with E-state index in [2.05, 4.69) is 0 Å². The van der Waals surface area contributed by atoms with Gasteiger partial charge in [0.2, 0.25) is 0 Å². The molecule has 0 radical (unpaired) electrons. The van der Waals surface area contributed by atoms with Crippen LogP contribution < -0.4 is 10.3 Å². The van der Waals surface area contributed by atoms with Gasteiger partial charge in [-0.25, -0.2) is 0 Å². The van der Waals surface area contributed by atoms with Crippen LogP contribution >= 0.6 is 0 Å². The molecule has 2 aromatic heterocycles. The SMILES string of the molecule is C[n+]1c(=O)n2ccccc2c2ccccc21. The van der Waals surface area contributed by atoms with Crippen LogP contribution in [0, 0.1) is 0 Å².